The van der Waals surface area contributed by atoms with Crippen LogP contribution < -0.4 is 0 Å². The van der Waals surface area contributed by atoms with Gasteiger partial charge in [-0.1, -0.05) is 6.92 Å². The minimum absolute atomic E-state index is 0.103. The van der Waals surface area contributed by atoms with Crippen molar-refractivity contribution in [2.75, 3.05) is 26.2 Å². The van der Waals surface area contributed by atoms with E-state index in [1.807, 2.05) is 0 Å². The molecule has 1 fully saturated rings. The molecule has 3 heterocycles. The number of rotatable bonds is 3. The fraction of sp³-hybridized carbons (Fsp3) is 0.625. The Labute approximate surface area is 129 Å². The number of carboxylic acids is 1. The average Bonchev–Trinajstić information content (AvgIpc) is 2.96. The van der Waals surface area contributed by atoms with Crippen molar-refractivity contribution in [3.63, 3.8) is 0 Å². The predicted molar refractivity (Wildman–Crippen MR) is 79.3 cm³/mol. The Kier molecular flexibility index (Phi) is 4.20. The van der Waals surface area contributed by atoms with Gasteiger partial charge in [0.25, 0.3) is 0 Å². The lowest BCUT2D eigenvalue weighted by Crippen LogP contribution is -2.48. The molecule has 1 aromatic rings. The number of piperidine rings is 1. The van der Waals surface area contributed by atoms with Crippen LogP contribution in [0.3, 0.4) is 0 Å². The van der Waals surface area contributed by atoms with Crippen molar-refractivity contribution >= 4 is 11.9 Å². The van der Waals surface area contributed by atoms with Gasteiger partial charge >= 0.3 is 5.97 Å². The monoisotopic (exact) mass is 306 g/mol. The van der Waals surface area contributed by atoms with Crippen molar-refractivity contribution in [1.82, 2.24) is 9.80 Å². The largest absolute Gasteiger partial charge is 0.479 e. The molecule has 0 radical (unpaired) electrons. The fourth-order valence-electron chi connectivity index (χ4n) is 3.35. The van der Waals surface area contributed by atoms with E-state index in [1.165, 1.54) is 11.2 Å². The first kappa shape index (κ1) is 15.1. The summed E-state index contributed by atoms with van der Waals surface area (Å²) in [4.78, 5) is 27.8. The molecular weight excluding hydrogens is 284 g/mol. The van der Waals surface area contributed by atoms with E-state index in [1.54, 1.807) is 6.07 Å². The molecule has 0 saturated carbocycles. The summed E-state index contributed by atoms with van der Waals surface area (Å²) < 4.78 is 5.31. The molecule has 2 aliphatic heterocycles. The van der Waals surface area contributed by atoms with Gasteiger partial charge < -0.3 is 14.4 Å². The van der Waals surface area contributed by atoms with Crippen molar-refractivity contribution in [2.24, 2.45) is 5.92 Å². The number of carbonyl (C=O) groups is 2. The van der Waals surface area contributed by atoms with Crippen LogP contribution in [0.15, 0.2) is 16.7 Å². The van der Waals surface area contributed by atoms with Crippen LogP contribution in [0.5, 0.6) is 0 Å². The van der Waals surface area contributed by atoms with Crippen LogP contribution >= 0.6 is 0 Å². The van der Waals surface area contributed by atoms with E-state index in [2.05, 4.69) is 11.8 Å². The van der Waals surface area contributed by atoms with E-state index < -0.39 is 12.0 Å². The SMILES string of the molecule is CC1CCN(CC(=O)N2CCc3occc3C2C(=O)O)CC1. The Hall–Kier alpha value is -1.82. The first-order valence-electron chi connectivity index (χ1n) is 7.87. The molecule has 3 rings (SSSR count). The topological polar surface area (TPSA) is 74.0 Å². The van der Waals surface area contributed by atoms with Crippen molar-refractivity contribution in [3.05, 3.63) is 23.7 Å². The first-order chi connectivity index (χ1) is 10.6. The zero-order valence-electron chi connectivity index (χ0n) is 12.8. The molecule has 1 atom stereocenters. The Balaban J connectivity index is 1.70. The average molecular weight is 306 g/mol. The van der Waals surface area contributed by atoms with Crippen LogP contribution in [0.25, 0.3) is 0 Å². The summed E-state index contributed by atoms with van der Waals surface area (Å²) >= 11 is 0. The smallest absolute Gasteiger partial charge is 0.331 e. The van der Waals surface area contributed by atoms with Gasteiger partial charge in [-0.15, -0.1) is 0 Å². The third-order valence-electron chi connectivity index (χ3n) is 4.76. The number of fused-ring (bicyclic) bond motifs is 1. The van der Waals surface area contributed by atoms with Gasteiger partial charge in [0.2, 0.25) is 5.91 Å². The van der Waals surface area contributed by atoms with Crippen molar-refractivity contribution in [3.8, 4) is 0 Å². The highest BCUT2D eigenvalue weighted by Crippen LogP contribution is 2.31. The summed E-state index contributed by atoms with van der Waals surface area (Å²) in [5.41, 5.74) is 0.611. The minimum atomic E-state index is -0.997. The standard InChI is InChI=1S/C16H22N2O4/c1-11-2-6-17(7-3-11)10-14(19)18-8-4-13-12(5-9-22-13)15(18)16(20)21/h5,9,11,15H,2-4,6-8,10H2,1H3,(H,20,21). The van der Waals surface area contributed by atoms with Gasteiger partial charge in [0.05, 0.1) is 12.8 Å². The van der Waals surface area contributed by atoms with Gasteiger partial charge in [0.1, 0.15) is 5.76 Å². The van der Waals surface area contributed by atoms with Crippen molar-refractivity contribution in [2.45, 2.75) is 32.2 Å². The van der Waals surface area contributed by atoms with Gasteiger partial charge in [0.15, 0.2) is 6.04 Å². The number of carboxylic acid groups (broad SMARTS) is 1. The van der Waals surface area contributed by atoms with Gasteiger partial charge in [0, 0.05) is 18.5 Å². The second-order valence-electron chi connectivity index (χ2n) is 6.34. The molecule has 22 heavy (non-hydrogen) atoms. The highest BCUT2D eigenvalue weighted by molar-refractivity contribution is 5.86. The Bertz CT molecular complexity index is 560. The maximum atomic E-state index is 12.6. The van der Waals surface area contributed by atoms with Gasteiger partial charge in [-0.3, -0.25) is 9.69 Å². The molecule has 120 valence electrons. The van der Waals surface area contributed by atoms with E-state index in [4.69, 9.17) is 4.42 Å². The molecular formula is C16H22N2O4. The van der Waals surface area contributed by atoms with E-state index in [0.29, 0.717) is 36.8 Å². The summed E-state index contributed by atoms with van der Waals surface area (Å²) in [6.45, 7) is 4.76. The molecule has 0 aliphatic carbocycles. The summed E-state index contributed by atoms with van der Waals surface area (Å²) in [5.74, 6) is 0.293. The fourth-order valence-corrected chi connectivity index (χ4v) is 3.35. The Morgan fingerprint density at radius 2 is 2.05 bits per heavy atom. The summed E-state index contributed by atoms with van der Waals surface area (Å²) in [5, 5.41) is 9.51. The molecule has 6 heteroatoms. The van der Waals surface area contributed by atoms with Crippen LogP contribution in [0.2, 0.25) is 0 Å². The quantitative estimate of drug-likeness (QED) is 0.916. The number of aliphatic carboxylic acids is 1. The van der Waals surface area contributed by atoms with Gasteiger partial charge in [-0.05, 0) is 37.9 Å². The van der Waals surface area contributed by atoms with Crippen molar-refractivity contribution < 1.29 is 19.1 Å². The van der Waals surface area contributed by atoms with Crippen LogP contribution in [0, 0.1) is 5.92 Å². The zero-order valence-corrected chi connectivity index (χ0v) is 12.8. The molecule has 1 aromatic heterocycles. The summed E-state index contributed by atoms with van der Waals surface area (Å²) in [6, 6.07) is 0.745. The lowest BCUT2D eigenvalue weighted by atomic mass is 9.98. The maximum absolute atomic E-state index is 12.6. The Morgan fingerprint density at radius 1 is 1.32 bits per heavy atom. The molecule has 6 nitrogen and oxygen atoms in total. The predicted octanol–water partition coefficient (Wildman–Crippen LogP) is 1.52. The third-order valence-corrected chi connectivity index (χ3v) is 4.76. The lowest BCUT2D eigenvalue weighted by molar-refractivity contribution is -0.152. The van der Waals surface area contributed by atoms with E-state index in [0.717, 1.165) is 25.9 Å². The highest BCUT2D eigenvalue weighted by Gasteiger charge is 2.37. The molecule has 1 unspecified atom stereocenters. The minimum Gasteiger partial charge on any atom is -0.479 e. The molecule has 0 spiro atoms. The number of likely N-dealkylation sites (tertiary alicyclic amines) is 1. The van der Waals surface area contributed by atoms with E-state index in [-0.39, 0.29) is 5.91 Å². The second kappa shape index (κ2) is 6.12. The summed E-state index contributed by atoms with van der Waals surface area (Å²) in [7, 11) is 0. The summed E-state index contributed by atoms with van der Waals surface area (Å²) in [6.07, 6.45) is 4.28. The van der Waals surface area contributed by atoms with Gasteiger partial charge in [-0.2, -0.15) is 0 Å². The number of hydrogen-bond donors (Lipinski definition) is 1. The first-order valence-corrected chi connectivity index (χ1v) is 7.87. The van der Waals surface area contributed by atoms with E-state index >= 15 is 0 Å². The molecule has 1 saturated heterocycles. The third kappa shape index (κ3) is 2.88. The lowest BCUT2D eigenvalue weighted by Gasteiger charge is -2.35. The van der Waals surface area contributed by atoms with Gasteiger partial charge in [-0.25, -0.2) is 4.79 Å². The normalized spacial score (nSPS) is 23.3. The maximum Gasteiger partial charge on any atom is 0.331 e. The number of carbonyl (C=O) groups excluding carboxylic acids is 1. The number of hydrogen-bond acceptors (Lipinski definition) is 4. The van der Waals surface area contributed by atoms with Crippen molar-refractivity contribution in [1.29, 1.82) is 0 Å². The zero-order chi connectivity index (χ0) is 15.7. The van der Waals surface area contributed by atoms with E-state index in [9.17, 15) is 14.7 Å². The molecule has 0 aromatic carbocycles. The molecule has 1 N–H and O–H groups in total. The van der Waals surface area contributed by atoms with Crippen LogP contribution in [0.1, 0.15) is 37.1 Å². The van der Waals surface area contributed by atoms with Crippen LogP contribution in [0.4, 0.5) is 0 Å². The number of furan rings is 1. The van der Waals surface area contributed by atoms with Crippen LogP contribution in [-0.4, -0.2) is 53.0 Å². The molecule has 0 bridgehead atoms. The number of amides is 1. The number of nitrogens with zero attached hydrogens (tertiary/aromatic N) is 2. The van der Waals surface area contributed by atoms with Crippen LogP contribution in [-0.2, 0) is 16.0 Å². The molecule has 2 aliphatic rings. The highest BCUT2D eigenvalue weighted by atomic mass is 16.4. The second-order valence-corrected chi connectivity index (χ2v) is 6.34. The molecule has 1 amide bonds. The Morgan fingerprint density at radius 3 is 2.73 bits per heavy atom.